The van der Waals surface area contributed by atoms with Crippen molar-refractivity contribution < 1.29 is 14.7 Å². The van der Waals surface area contributed by atoms with Crippen LogP contribution >= 0.6 is 0 Å². The van der Waals surface area contributed by atoms with Gasteiger partial charge in [0, 0.05) is 6.04 Å². The van der Waals surface area contributed by atoms with Crippen LogP contribution in [0.15, 0.2) is 0 Å². The lowest BCUT2D eigenvalue weighted by Gasteiger charge is -2.24. The first kappa shape index (κ1) is 13.8. The van der Waals surface area contributed by atoms with Crippen molar-refractivity contribution in [2.24, 2.45) is 0 Å². The van der Waals surface area contributed by atoms with Crippen molar-refractivity contribution in [2.75, 3.05) is 0 Å². The number of carbonyl (C=O) groups excluding carboxylic acids is 1. The van der Waals surface area contributed by atoms with Crippen LogP contribution in [-0.2, 0) is 4.79 Å². The second-order valence-electron chi connectivity index (χ2n) is 4.63. The van der Waals surface area contributed by atoms with E-state index < -0.39 is 12.0 Å². The summed E-state index contributed by atoms with van der Waals surface area (Å²) in [5.41, 5.74) is 0. The molecule has 0 heterocycles. The lowest BCUT2D eigenvalue weighted by Crippen LogP contribution is -2.49. The van der Waals surface area contributed by atoms with Gasteiger partial charge < -0.3 is 15.7 Å². The highest BCUT2D eigenvalue weighted by molar-refractivity contribution is 5.82. The van der Waals surface area contributed by atoms with Gasteiger partial charge in [-0.05, 0) is 19.3 Å². The first-order valence-electron chi connectivity index (χ1n) is 6.43. The van der Waals surface area contributed by atoms with Crippen LogP contribution in [0.1, 0.15) is 51.9 Å². The third kappa shape index (κ3) is 5.06. The summed E-state index contributed by atoms with van der Waals surface area (Å²) in [5.74, 6) is -0.967. The number of aliphatic carboxylic acids is 1. The highest BCUT2D eigenvalue weighted by atomic mass is 16.4. The van der Waals surface area contributed by atoms with Crippen molar-refractivity contribution in [1.82, 2.24) is 10.6 Å². The molecule has 1 aliphatic rings. The normalized spacial score (nSPS) is 18.4. The molecule has 0 aliphatic heterocycles. The molecule has 1 saturated carbocycles. The predicted molar refractivity (Wildman–Crippen MR) is 64.9 cm³/mol. The first-order valence-corrected chi connectivity index (χ1v) is 6.43. The van der Waals surface area contributed by atoms with Gasteiger partial charge in [-0.2, -0.15) is 0 Å². The van der Waals surface area contributed by atoms with Crippen LogP contribution in [0.2, 0.25) is 0 Å². The highest BCUT2D eigenvalue weighted by Crippen LogP contribution is 2.17. The van der Waals surface area contributed by atoms with Crippen molar-refractivity contribution >= 4 is 12.0 Å². The maximum atomic E-state index is 11.6. The van der Waals surface area contributed by atoms with E-state index in [0.717, 1.165) is 32.1 Å². The molecule has 0 spiro atoms. The van der Waals surface area contributed by atoms with Gasteiger partial charge >= 0.3 is 12.0 Å². The van der Waals surface area contributed by atoms with Crippen LogP contribution in [0.4, 0.5) is 4.79 Å². The molecule has 1 rings (SSSR count). The fourth-order valence-corrected chi connectivity index (χ4v) is 2.18. The number of urea groups is 1. The first-order chi connectivity index (χ1) is 8.13. The summed E-state index contributed by atoms with van der Waals surface area (Å²) in [7, 11) is 0. The van der Waals surface area contributed by atoms with E-state index in [4.69, 9.17) is 5.11 Å². The minimum Gasteiger partial charge on any atom is -0.480 e. The standard InChI is InChI=1S/C12H22N2O3/c1-2-6-10(11(15)16)14-12(17)13-9-7-4-3-5-8-9/h9-10H,2-8H2,1H3,(H,15,16)(H2,13,14,17). The third-order valence-electron chi connectivity index (χ3n) is 3.12. The van der Waals surface area contributed by atoms with Gasteiger partial charge in [0.2, 0.25) is 0 Å². The molecule has 5 nitrogen and oxygen atoms in total. The molecule has 0 bridgehead atoms. The Morgan fingerprint density at radius 2 is 1.94 bits per heavy atom. The van der Waals surface area contributed by atoms with Crippen LogP contribution in [0.3, 0.4) is 0 Å². The molecule has 98 valence electrons. The van der Waals surface area contributed by atoms with Gasteiger partial charge in [-0.15, -0.1) is 0 Å². The Balaban J connectivity index is 2.33. The quantitative estimate of drug-likeness (QED) is 0.688. The van der Waals surface area contributed by atoms with E-state index in [9.17, 15) is 9.59 Å². The summed E-state index contributed by atoms with van der Waals surface area (Å²) in [6.45, 7) is 1.90. The fourth-order valence-electron chi connectivity index (χ4n) is 2.18. The molecule has 2 amide bonds. The van der Waals surface area contributed by atoms with E-state index in [-0.39, 0.29) is 12.1 Å². The zero-order chi connectivity index (χ0) is 12.7. The summed E-state index contributed by atoms with van der Waals surface area (Å²) in [4.78, 5) is 22.5. The minimum atomic E-state index is -0.967. The Morgan fingerprint density at radius 1 is 1.29 bits per heavy atom. The molecule has 1 fully saturated rings. The smallest absolute Gasteiger partial charge is 0.326 e. The average molecular weight is 242 g/mol. The number of amides is 2. The summed E-state index contributed by atoms with van der Waals surface area (Å²) < 4.78 is 0. The molecular formula is C12H22N2O3. The number of hydrogen-bond donors (Lipinski definition) is 3. The molecule has 0 aromatic rings. The number of carbonyl (C=O) groups is 2. The van der Waals surface area contributed by atoms with Gasteiger partial charge in [-0.1, -0.05) is 32.6 Å². The van der Waals surface area contributed by atoms with E-state index >= 15 is 0 Å². The maximum absolute atomic E-state index is 11.6. The summed E-state index contributed by atoms with van der Waals surface area (Å²) in [6, 6.07) is -0.916. The molecule has 1 atom stereocenters. The van der Waals surface area contributed by atoms with Gasteiger partial charge in [-0.3, -0.25) is 0 Å². The highest BCUT2D eigenvalue weighted by Gasteiger charge is 2.21. The third-order valence-corrected chi connectivity index (χ3v) is 3.12. The number of rotatable bonds is 5. The Labute approximate surface area is 102 Å². The van der Waals surface area contributed by atoms with Gasteiger partial charge in [0.05, 0.1) is 0 Å². The van der Waals surface area contributed by atoms with Crippen LogP contribution in [-0.4, -0.2) is 29.2 Å². The Morgan fingerprint density at radius 3 is 2.47 bits per heavy atom. The van der Waals surface area contributed by atoms with Crippen molar-refractivity contribution in [2.45, 2.75) is 64.0 Å². The van der Waals surface area contributed by atoms with Crippen molar-refractivity contribution in [3.63, 3.8) is 0 Å². The second-order valence-corrected chi connectivity index (χ2v) is 4.63. The van der Waals surface area contributed by atoms with Gasteiger partial charge in [-0.25, -0.2) is 9.59 Å². The number of carboxylic acids is 1. The monoisotopic (exact) mass is 242 g/mol. The number of carboxylic acid groups (broad SMARTS) is 1. The van der Waals surface area contributed by atoms with Crippen molar-refractivity contribution in [3.8, 4) is 0 Å². The summed E-state index contributed by atoms with van der Waals surface area (Å²) >= 11 is 0. The van der Waals surface area contributed by atoms with E-state index in [1.807, 2.05) is 6.92 Å². The molecule has 0 aromatic heterocycles. The number of nitrogens with one attached hydrogen (secondary N) is 2. The van der Waals surface area contributed by atoms with Gasteiger partial charge in [0.15, 0.2) is 0 Å². The van der Waals surface area contributed by atoms with E-state index in [0.29, 0.717) is 6.42 Å². The SMILES string of the molecule is CCCC(NC(=O)NC1CCCCC1)C(=O)O. The van der Waals surface area contributed by atoms with Crippen LogP contribution < -0.4 is 10.6 Å². The van der Waals surface area contributed by atoms with E-state index in [1.165, 1.54) is 6.42 Å². The summed E-state index contributed by atoms with van der Waals surface area (Å²) in [5, 5.41) is 14.3. The minimum absolute atomic E-state index is 0.208. The predicted octanol–water partition coefficient (Wildman–Crippen LogP) is 1.87. The lowest BCUT2D eigenvalue weighted by molar-refractivity contribution is -0.139. The largest absolute Gasteiger partial charge is 0.480 e. The maximum Gasteiger partial charge on any atom is 0.326 e. The van der Waals surface area contributed by atoms with E-state index in [2.05, 4.69) is 10.6 Å². The lowest BCUT2D eigenvalue weighted by atomic mass is 9.96. The van der Waals surface area contributed by atoms with Gasteiger partial charge in [0.25, 0.3) is 0 Å². The molecule has 3 N–H and O–H groups in total. The second kappa shape index (κ2) is 7.14. The molecule has 0 aromatic carbocycles. The topological polar surface area (TPSA) is 78.4 Å². The Bertz CT molecular complexity index is 262. The average Bonchev–Trinajstić information content (AvgIpc) is 2.29. The molecule has 0 saturated heterocycles. The van der Waals surface area contributed by atoms with Crippen LogP contribution in [0, 0.1) is 0 Å². The molecule has 1 unspecified atom stereocenters. The Hall–Kier alpha value is -1.26. The van der Waals surface area contributed by atoms with Crippen LogP contribution in [0.5, 0.6) is 0 Å². The van der Waals surface area contributed by atoms with Gasteiger partial charge in [0.1, 0.15) is 6.04 Å². The molecule has 1 aliphatic carbocycles. The Kier molecular flexibility index (Phi) is 5.80. The fraction of sp³-hybridized carbons (Fsp3) is 0.833. The molecule has 0 radical (unpaired) electrons. The van der Waals surface area contributed by atoms with Crippen molar-refractivity contribution in [1.29, 1.82) is 0 Å². The zero-order valence-electron chi connectivity index (χ0n) is 10.4. The molecular weight excluding hydrogens is 220 g/mol. The van der Waals surface area contributed by atoms with Crippen molar-refractivity contribution in [3.05, 3.63) is 0 Å². The van der Waals surface area contributed by atoms with E-state index in [1.54, 1.807) is 0 Å². The zero-order valence-corrected chi connectivity index (χ0v) is 10.4. The molecule has 5 heteroatoms. The number of hydrogen-bond acceptors (Lipinski definition) is 2. The summed E-state index contributed by atoms with van der Waals surface area (Å²) in [6.07, 6.45) is 6.71. The van der Waals surface area contributed by atoms with Crippen LogP contribution in [0.25, 0.3) is 0 Å². The molecule has 17 heavy (non-hydrogen) atoms.